The number of amides is 1. The van der Waals surface area contributed by atoms with Crippen molar-refractivity contribution in [1.29, 1.82) is 0 Å². The van der Waals surface area contributed by atoms with Crippen LogP contribution in [0.4, 0.5) is 0 Å². The van der Waals surface area contributed by atoms with Crippen LogP contribution < -0.4 is 10.6 Å². The summed E-state index contributed by atoms with van der Waals surface area (Å²) in [4.78, 5) is 11.4. The molecule has 2 N–H and O–H groups in total. The van der Waals surface area contributed by atoms with Crippen LogP contribution in [0.1, 0.15) is 27.7 Å². The number of hydrogen-bond acceptors (Lipinski definition) is 2. The van der Waals surface area contributed by atoms with Crippen LogP contribution in [0, 0.1) is 5.92 Å². The van der Waals surface area contributed by atoms with Gasteiger partial charge in [0, 0.05) is 18.8 Å². The third-order valence-electron chi connectivity index (χ3n) is 2.13. The maximum absolute atomic E-state index is 11.4. The lowest BCUT2D eigenvalue weighted by molar-refractivity contribution is -0.116. The van der Waals surface area contributed by atoms with Crippen LogP contribution >= 0.6 is 0 Å². The molecule has 0 bridgehead atoms. The van der Waals surface area contributed by atoms with Gasteiger partial charge in [-0.15, -0.1) is 0 Å². The van der Waals surface area contributed by atoms with Gasteiger partial charge in [-0.3, -0.25) is 4.79 Å². The SMILES string of the molecule is C=C(C)/C=C(\C=C/C)NCCNC(=O)/C=C/C(C)C. The molecule has 0 aromatic heterocycles. The van der Waals surface area contributed by atoms with E-state index in [2.05, 4.69) is 17.2 Å². The molecule has 0 aliphatic carbocycles. The van der Waals surface area contributed by atoms with Crippen molar-refractivity contribution < 1.29 is 4.79 Å². The van der Waals surface area contributed by atoms with Crippen LogP contribution in [0.25, 0.3) is 0 Å². The summed E-state index contributed by atoms with van der Waals surface area (Å²) in [5, 5.41) is 6.07. The molecule has 0 aromatic carbocycles. The van der Waals surface area contributed by atoms with Crippen LogP contribution in [0.5, 0.6) is 0 Å². The van der Waals surface area contributed by atoms with Crippen LogP contribution in [0.3, 0.4) is 0 Å². The van der Waals surface area contributed by atoms with Gasteiger partial charge in [-0.25, -0.2) is 0 Å². The summed E-state index contributed by atoms with van der Waals surface area (Å²) in [5.74, 6) is 0.343. The second-order valence-electron chi connectivity index (χ2n) is 4.77. The topological polar surface area (TPSA) is 41.1 Å². The summed E-state index contributed by atoms with van der Waals surface area (Å²) in [7, 11) is 0. The number of rotatable bonds is 8. The summed E-state index contributed by atoms with van der Waals surface area (Å²) in [6.45, 7) is 13.1. The Morgan fingerprint density at radius 2 is 1.84 bits per heavy atom. The molecule has 1 amide bonds. The lowest BCUT2D eigenvalue weighted by atomic mass is 10.2. The van der Waals surface area contributed by atoms with Gasteiger partial charge in [0.25, 0.3) is 0 Å². The first kappa shape index (κ1) is 17.2. The van der Waals surface area contributed by atoms with E-state index < -0.39 is 0 Å². The van der Waals surface area contributed by atoms with Gasteiger partial charge in [0.15, 0.2) is 0 Å². The molecule has 19 heavy (non-hydrogen) atoms. The van der Waals surface area contributed by atoms with Crippen molar-refractivity contribution >= 4 is 5.91 Å². The number of hydrogen-bond donors (Lipinski definition) is 2. The minimum absolute atomic E-state index is 0.0491. The first-order valence-corrected chi connectivity index (χ1v) is 6.65. The fraction of sp³-hybridized carbons (Fsp3) is 0.438. The number of allylic oxidation sites excluding steroid dienone is 5. The van der Waals surface area contributed by atoms with E-state index in [1.165, 1.54) is 0 Å². The Kier molecular flexibility index (Phi) is 9.23. The zero-order valence-corrected chi connectivity index (χ0v) is 12.5. The maximum atomic E-state index is 11.4. The molecule has 3 heteroatoms. The zero-order chi connectivity index (χ0) is 14.7. The van der Waals surface area contributed by atoms with Crippen molar-refractivity contribution in [3.8, 4) is 0 Å². The molecule has 0 aliphatic heterocycles. The lowest BCUT2D eigenvalue weighted by Crippen LogP contribution is -2.30. The second-order valence-corrected chi connectivity index (χ2v) is 4.77. The highest BCUT2D eigenvalue weighted by Gasteiger charge is 1.96. The van der Waals surface area contributed by atoms with Crippen LogP contribution in [0.15, 0.2) is 48.2 Å². The highest BCUT2D eigenvalue weighted by molar-refractivity contribution is 5.87. The number of carbonyl (C=O) groups excluding carboxylic acids is 1. The molecule has 0 atom stereocenters. The van der Waals surface area contributed by atoms with Gasteiger partial charge in [-0.1, -0.05) is 38.2 Å². The fourth-order valence-corrected chi connectivity index (χ4v) is 1.33. The lowest BCUT2D eigenvalue weighted by Gasteiger charge is -2.08. The van der Waals surface area contributed by atoms with Gasteiger partial charge >= 0.3 is 0 Å². The third-order valence-corrected chi connectivity index (χ3v) is 2.13. The molecule has 0 aromatic rings. The van der Waals surface area contributed by atoms with Crippen LogP contribution in [0.2, 0.25) is 0 Å². The van der Waals surface area contributed by atoms with Crippen molar-refractivity contribution in [2.24, 2.45) is 5.92 Å². The summed E-state index contributed by atoms with van der Waals surface area (Å²) < 4.78 is 0. The molecular weight excluding hydrogens is 236 g/mol. The van der Waals surface area contributed by atoms with Crippen molar-refractivity contribution in [2.75, 3.05) is 13.1 Å². The molecule has 0 saturated heterocycles. The average molecular weight is 262 g/mol. The maximum Gasteiger partial charge on any atom is 0.243 e. The molecule has 0 spiro atoms. The largest absolute Gasteiger partial charge is 0.383 e. The molecular formula is C16H26N2O. The zero-order valence-electron chi connectivity index (χ0n) is 12.5. The van der Waals surface area contributed by atoms with Crippen LogP contribution in [-0.4, -0.2) is 19.0 Å². The quantitative estimate of drug-likeness (QED) is 0.401. The van der Waals surface area contributed by atoms with Crippen molar-refractivity contribution in [1.82, 2.24) is 10.6 Å². The van der Waals surface area contributed by atoms with Gasteiger partial charge in [-0.2, -0.15) is 0 Å². The van der Waals surface area contributed by atoms with Gasteiger partial charge < -0.3 is 10.6 Å². The Labute approximate surface area is 117 Å². The smallest absolute Gasteiger partial charge is 0.243 e. The molecule has 106 valence electrons. The highest BCUT2D eigenvalue weighted by atomic mass is 16.1. The van der Waals surface area contributed by atoms with Crippen molar-refractivity contribution in [2.45, 2.75) is 27.7 Å². The summed E-state index contributed by atoms with van der Waals surface area (Å²) >= 11 is 0. The molecule has 0 fully saturated rings. The number of nitrogens with one attached hydrogen (secondary N) is 2. The summed E-state index contributed by atoms with van der Waals surface area (Å²) in [5.41, 5.74) is 1.99. The number of carbonyl (C=O) groups is 1. The van der Waals surface area contributed by atoms with Gasteiger partial charge in [-0.05, 0) is 38.0 Å². The predicted octanol–water partition coefficient (Wildman–Crippen LogP) is 2.94. The normalized spacial score (nSPS) is 12.4. The van der Waals surface area contributed by atoms with E-state index >= 15 is 0 Å². The monoisotopic (exact) mass is 262 g/mol. The Bertz CT molecular complexity index is 376. The van der Waals surface area contributed by atoms with Crippen molar-refractivity contribution in [3.05, 3.63) is 48.2 Å². The Balaban J connectivity index is 4.02. The molecule has 0 heterocycles. The van der Waals surface area contributed by atoms with E-state index in [4.69, 9.17) is 0 Å². The van der Waals surface area contributed by atoms with Crippen LogP contribution in [-0.2, 0) is 4.79 Å². The minimum atomic E-state index is -0.0491. The van der Waals surface area contributed by atoms with E-state index in [9.17, 15) is 4.79 Å². The van der Waals surface area contributed by atoms with E-state index in [-0.39, 0.29) is 5.91 Å². The Morgan fingerprint density at radius 3 is 2.37 bits per heavy atom. The highest BCUT2D eigenvalue weighted by Crippen LogP contribution is 1.98. The van der Waals surface area contributed by atoms with E-state index in [1.807, 2.05) is 52.0 Å². The summed E-state index contributed by atoms with van der Waals surface area (Å²) in [6, 6.07) is 0. The third kappa shape index (κ3) is 11.1. The Morgan fingerprint density at radius 1 is 1.21 bits per heavy atom. The van der Waals surface area contributed by atoms with Crippen molar-refractivity contribution in [3.63, 3.8) is 0 Å². The molecule has 0 rings (SSSR count). The molecule has 0 aliphatic rings. The molecule has 0 unspecified atom stereocenters. The van der Waals surface area contributed by atoms with E-state index in [1.54, 1.807) is 6.08 Å². The molecule has 0 radical (unpaired) electrons. The van der Waals surface area contributed by atoms with Gasteiger partial charge in [0.1, 0.15) is 0 Å². The molecule has 0 saturated carbocycles. The second kappa shape index (κ2) is 10.2. The average Bonchev–Trinajstić information content (AvgIpc) is 2.31. The van der Waals surface area contributed by atoms with E-state index in [0.717, 1.165) is 11.3 Å². The standard InChI is InChI=1S/C16H26N2O/c1-6-7-15(12-14(4)5)17-10-11-18-16(19)9-8-13(2)3/h6-9,12-13,17H,4,10-11H2,1-3,5H3,(H,18,19)/b7-6-,9-8+,15-12+. The predicted molar refractivity (Wildman–Crippen MR) is 82.7 cm³/mol. The first-order chi connectivity index (χ1) is 8.95. The first-order valence-electron chi connectivity index (χ1n) is 6.65. The molecule has 3 nitrogen and oxygen atoms in total. The summed E-state index contributed by atoms with van der Waals surface area (Å²) in [6.07, 6.45) is 9.39. The fourth-order valence-electron chi connectivity index (χ4n) is 1.33. The van der Waals surface area contributed by atoms with E-state index in [0.29, 0.717) is 19.0 Å². The van der Waals surface area contributed by atoms with Gasteiger partial charge in [0.05, 0.1) is 0 Å². The minimum Gasteiger partial charge on any atom is -0.383 e. The van der Waals surface area contributed by atoms with Gasteiger partial charge in [0.2, 0.25) is 5.91 Å². The Hall–Kier alpha value is -1.77.